The maximum Gasteiger partial charge on any atom is 0.168 e. The summed E-state index contributed by atoms with van der Waals surface area (Å²) < 4.78 is 0. The number of carbonyl (C=O) groups is 1. The summed E-state index contributed by atoms with van der Waals surface area (Å²) in [6.45, 7) is 1.84. The van der Waals surface area contributed by atoms with Gasteiger partial charge < -0.3 is 5.73 Å². The molecule has 0 saturated carbocycles. The van der Waals surface area contributed by atoms with Crippen molar-refractivity contribution in [2.75, 3.05) is 5.73 Å². The zero-order valence-electron chi connectivity index (χ0n) is 5.66. The van der Waals surface area contributed by atoms with Crippen LogP contribution in [0.5, 0.6) is 0 Å². The van der Waals surface area contributed by atoms with Gasteiger partial charge in [-0.1, -0.05) is 0 Å². The van der Waals surface area contributed by atoms with Gasteiger partial charge >= 0.3 is 0 Å². The second-order valence-corrected chi connectivity index (χ2v) is 2.08. The van der Waals surface area contributed by atoms with Gasteiger partial charge in [0.15, 0.2) is 6.29 Å². The third kappa shape index (κ3) is 1.13. The third-order valence-corrected chi connectivity index (χ3v) is 1.29. The Kier molecular flexibility index (Phi) is 1.67. The Morgan fingerprint density at radius 1 is 1.70 bits per heavy atom. The van der Waals surface area contributed by atoms with Crippen LogP contribution in [0.25, 0.3) is 0 Å². The quantitative estimate of drug-likeness (QED) is 0.580. The van der Waals surface area contributed by atoms with E-state index >= 15 is 0 Å². The van der Waals surface area contributed by atoms with E-state index in [1.54, 1.807) is 12.3 Å². The Morgan fingerprint density at radius 2 is 2.40 bits per heavy atom. The molecule has 1 rings (SSSR count). The van der Waals surface area contributed by atoms with Crippen LogP contribution in [0.3, 0.4) is 0 Å². The standard InChI is InChI=1S/C7H8N2O/c1-5-3-9-6(4-10)2-7(5)8/h2-4H,1H3,(H2,8,9). The predicted molar refractivity (Wildman–Crippen MR) is 38.8 cm³/mol. The van der Waals surface area contributed by atoms with Crippen molar-refractivity contribution in [2.45, 2.75) is 6.92 Å². The van der Waals surface area contributed by atoms with Gasteiger partial charge in [-0.2, -0.15) is 0 Å². The van der Waals surface area contributed by atoms with Crippen molar-refractivity contribution < 1.29 is 4.79 Å². The first-order valence-corrected chi connectivity index (χ1v) is 2.91. The average molecular weight is 136 g/mol. The normalized spacial score (nSPS) is 9.30. The van der Waals surface area contributed by atoms with Gasteiger partial charge in [-0.05, 0) is 18.6 Å². The van der Waals surface area contributed by atoms with Gasteiger partial charge in [-0.15, -0.1) is 0 Å². The molecule has 0 aliphatic heterocycles. The molecule has 0 aliphatic carbocycles. The first-order valence-electron chi connectivity index (χ1n) is 2.91. The minimum Gasteiger partial charge on any atom is -0.398 e. The molecule has 1 aromatic heterocycles. The van der Waals surface area contributed by atoms with Crippen molar-refractivity contribution in [3.8, 4) is 0 Å². The molecule has 0 bridgehead atoms. The maximum absolute atomic E-state index is 10.2. The molecule has 0 radical (unpaired) electrons. The molecule has 0 amide bonds. The monoisotopic (exact) mass is 136 g/mol. The maximum atomic E-state index is 10.2. The second kappa shape index (κ2) is 2.47. The molecule has 0 saturated heterocycles. The van der Waals surface area contributed by atoms with Gasteiger partial charge in [-0.3, -0.25) is 9.78 Å². The number of nitrogen functional groups attached to an aromatic ring is 1. The van der Waals surface area contributed by atoms with Crippen LogP contribution < -0.4 is 5.73 Å². The summed E-state index contributed by atoms with van der Waals surface area (Å²) in [5, 5.41) is 0. The van der Waals surface area contributed by atoms with Crippen LogP contribution in [-0.4, -0.2) is 11.3 Å². The van der Waals surface area contributed by atoms with Crippen molar-refractivity contribution in [2.24, 2.45) is 0 Å². The number of pyridine rings is 1. The van der Waals surface area contributed by atoms with E-state index in [9.17, 15) is 4.79 Å². The highest BCUT2D eigenvalue weighted by Gasteiger charge is 1.94. The van der Waals surface area contributed by atoms with Crippen molar-refractivity contribution in [1.29, 1.82) is 0 Å². The van der Waals surface area contributed by atoms with E-state index in [0.29, 0.717) is 17.7 Å². The molecule has 1 aromatic rings. The fourth-order valence-corrected chi connectivity index (χ4v) is 0.621. The molecule has 3 nitrogen and oxygen atoms in total. The number of aryl methyl sites for hydroxylation is 1. The Hall–Kier alpha value is -1.38. The fraction of sp³-hybridized carbons (Fsp3) is 0.143. The van der Waals surface area contributed by atoms with E-state index < -0.39 is 0 Å². The average Bonchev–Trinajstić information content (AvgIpc) is 1.95. The molecule has 0 unspecified atom stereocenters. The van der Waals surface area contributed by atoms with E-state index in [1.165, 1.54) is 0 Å². The molecule has 3 heteroatoms. The third-order valence-electron chi connectivity index (χ3n) is 1.29. The van der Waals surface area contributed by atoms with Gasteiger partial charge in [0.05, 0.1) is 0 Å². The minimum absolute atomic E-state index is 0.378. The van der Waals surface area contributed by atoms with Crippen LogP contribution in [0.15, 0.2) is 12.3 Å². The number of rotatable bonds is 1. The highest BCUT2D eigenvalue weighted by molar-refractivity contribution is 5.73. The molecule has 2 N–H and O–H groups in total. The second-order valence-electron chi connectivity index (χ2n) is 2.08. The number of anilines is 1. The lowest BCUT2D eigenvalue weighted by Crippen LogP contribution is -1.94. The van der Waals surface area contributed by atoms with Crippen LogP contribution in [0, 0.1) is 6.92 Å². The lowest BCUT2D eigenvalue weighted by Gasteiger charge is -1.96. The zero-order valence-corrected chi connectivity index (χ0v) is 5.66. The Bertz CT molecular complexity index is 258. The lowest BCUT2D eigenvalue weighted by atomic mass is 10.2. The molecular formula is C7H8N2O. The van der Waals surface area contributed by atoms with Gasteiger partial charge in [0.1, 0.15) is 5.69 Å². The highest BCUT2D eigenvalue weighted by atomic mass is 16.1. The molecular weight excluding hydrogens is 128 g/mol. The van der Waals surface area contributed by atoms with E-state index in [4.69, 9.17) is 5.73 Å². The SMILES string of the molecule is Cc1cnc(C=O)cc1N. The van der Waals surface area contributed by atoms with Crippen molar-refractivity contribution in [3.05, 3.63) is 23.5 Å². The predicted octanol–water partition coefficient (Wildman–Crippen LogP) is 0.785. The molecule has 1 heterocycles. The molecule has 0 fully saturated rings. The van der Waals surface area contributed by atoms with Crippen LogP contribution in [0.2, 0.25) is 0 Å². The van der Waals surface area contributed by atoms with E-state index in [0.717, 1.165) is 5.56 Å². The summed E-state index contributed by atoms with van der Waals surface area (Å²) >= 11 is 0. The lowest BCUT2D eigenvalue weighted by molar-refractivity contribution is 0.111. The fourth-order valence-electron chi connectivity index (χ4n) is 0.621. The Balaban J connectivity index is 3.16. The summed E-state index contributed by atoms with van der Waals surface area (Å²) in [6.07, 6.45) is 2.26. The molecule has 0 aromatic carbocycles. The van der Waals surface area contributed by atoms with Gasteiger partial charge in [0, 0.05) is 11.9 Å². The minimum atomic E-state index is 0.378. The zero-order chi connectivity index (χ0) is 7.56. The summed E-state index contributed by atoms with van der Waals surface area (Å²) in [7, 11) is 0. The van der Waals surface area contributed by atoms with Crippen molar-refractivity contribution >= 4 is 12.0 Å². The van der Waals surface area contributed by atoms with Crippen molar-refractivity contribution in [1.82, 2.24) is 4.98 Å². The summed E-state index contributed by atoms with van der Waals surface area (Å²) in [5.41, 5.74) is 7.38. The molecule has 0 aliphatic rings. The van der Waals surface area contributed by atoms with Crippen LogP contribution in [0.1, 0.15) is 16.1 Å². The smallest absolute Gasteiger partial charge is 0.168 e. The van der Waals surface area contributed by atoms with Crippen molar-refractivity contribution in [3.63, 3.8) is 0 Å². The van der Waals surface area contributed by atoms with E-state index in [1.807, 2.05) is 6.92 Å². The van der Waals surface area contributed by atoms with E-state index in [2.05, 4.69) is 4.98 Å². The van der Waals surface area contributed by atoms with Crippen LogP contribution >= 0.6 is 0 Å². The number of aldehydes is 1. The number of nitrogens with two attached hydrogens (primary N) is 1. The molecule has 0 spiro atoms. The number of hydrogen-bond donors (Lipinski definition) is 1. The van der Waals surface area contributed by atoms with Gasteiger partial charge in [0.2, 0.25) is 0 Å². The van der Waals surface area contributed by atoms with E-state index in [-0.39, 0.29) is 0 Å². The first-order chi connectivity index (χ1) is 4.74. The Morgan fingerprint density at radius 3 is 2.90 bits per heavy atom. The van der Waals surface area contributed by atoms with Crippen LogP contribution in [0.4, 0.5) is 5.69 Å². The number of nitrogens with zero attached hydrogens (tertiary/aromatic N) is 1. The largest absolute Gasteiger partial charge is 0.398 e. The molecule has 0 atom stereocenters. The topological polar surface area (TPSA) is 56.0 Å². The van der Waals surface area contributed by atoms with Gasteiger partial charge in [-0.25, -0.2) is 0 Å². The highest BCUT2D eigenvalue weighted by Crippen LogP contribution is 2.07. The number of carbonyl (C=O) groups excluding carboxylic acids is 1. The number of aromatic nitrogens is 1. The summed E-state index contributed by atoms with van der Waals surface area (Å²) in [5.74, 6) is 0. The summed E-state index contributed by atoms with van der Waals surface area (Å²) in [6, 6.07) is 1.56. The number of hydrogen-bond acceptors (Lipinski definition) is 3. The Labute approximate surface area is 58.9 Å². The summed E-state index contributed by atoms with van der Waals surface area (Å²) in [4.78, 5) is 14.0. The first kappa shape index (κ1) is 6.74. The molecule has 10 heavy (non-hydrogen) atoms. The van der Waals surface area contributed by atoms with Gasteiger partial charge in [0.25, 0.3) is 0 Å². The van der Waals surface area contributed by atoms with Crippen LogP contribution in [-0.2, 0) is 0 Å². The molecule has 52 valence electrons.